The molecule has 0 bridgehead atoms. The minimum atomic E-state index is -0.821. The fourth-order valence-electron chi connectivity index (χ4n) is 3.58. The highest BCUT2D eigenvalue weighted by Crippen LogP contribution is 2.51. The topological polar surface area (TPSA) is 79.0 Å². The van der Waals surface area contributed by atoms with E-state index in [1.165, 1.54) is 12.8 Å². The van der Waals surface area contributed by atoms with Gasteiger partial charge >= 0.3 is 0 Å². The zero-order valence-corrected chi connectivity index (χ0v) is 17.5. The molecule has 1 saturated carbocycles. The lowest BCUT2D eigenvalue weighted by molar-refractivity contribution is 0.197. The van der Waals surface area contributed by atoms with Gasteiger partial charge in [-0.05, 0) is 42.5 Å². The summed E-state index contributed by atoms with van der Waals surface area (Å²) in [7, 11) is 0. The van der Waals surface area contributed by atoms with Crippen molar-refractivity contribution in [3.05, 3.63) is 47.2 Å². The number of aliphatic imine (C=N–C) groups is 1. The van der Waals surface area contributed by atoms with Gasteiger partial charge in [0.2, 0.25) is 5.88 Å². The summed E-state index contributed by atoms with van der Waals surface area (Å²) in [5.41, 5.74) is 7.70. The highest BCUT2D eigenvalue weighted by Gasteiger charge is 2.48. The van der Waals surface area contributed by atoms with Crippen LogP contribution in [-0.4, -0.2) is 24.2 Å². The van der Waals surface area contributed by atoms with E-state index in [0.29, 0.717) is 24.2 Å². The van der Waals surface area contributed by atoms with Crippen LogP contribution >= 0.6 is 0 Å². The van der Waals surface area contributed by atoms with E-state index in [4.69, 9.17) is 24.9 Å². The average molecular weight is 403 g/mol. The summed E-state index contributed by atoms with van der Waals surface area (Å²) >= 11 is 0. The quantitative estimate of drug-likeness (QED) is 0.768. The summed E-state index contributed by atoms with van der Waals surface area (Å²) in [6.07, 6.45) is 4.10. The van der Waals surface area contributed by atoms with E-state index in [9.17, 15) is 0 Å². The number of hydrogen-bond donors (Lipinski definition) is 1. The number of pyridine rings is 1. The summed E-state index contributed by atoms with van der Waals surface area (Å²) in [5.74, 6) is 8.97. The molecule has 1 fully saturated rings. The van der Waals surface area contributed by atoms with Crippen molar-refractivity contribution in [2.75, 3.05) is 13.2 Å². The van der Waals surface area contributed by atoms with E-state index in [1.54, 1.807) is 6.20 Å². The highest BCUT2D eigenvalue weighted by molar-refractivity contribution is 5.76. The normalized spacial score (nSPS) is 21.5. The largest absolute Gasteiger partial charge is 0.493 e. The van der Waals surface area contributed by atoms with Gasteiger partial charge in [-0.3, -0.25) is 0 Å². The number of nitrogens with two attached hydrogens (primary N) is 1. The van der Waals surface area contributed by atoms with Gasteiger partial charge in [-0.2, -0.15) is 0 Å². The van der Waals surface area contributed by atoms with Gasteiger partial charge in [0, 0.05) is 23.2 Å². The molecule has 3 heterocycles. The molecule has 1 atom stereocenters. The molecule has 1 aromatic heterocycles. The molecule has 2 N–H and O–H groups in total. The lowest BCUT2D eigenvalue weighted by Gasteiger charge is -2.33. The van der Waals surface area contributed by atoms with Crippen LogP contribution in [0.1, 0.15) is 50.3 Å². The van der Waals surface area contributed by atoms with Crippen LogP contribution < -0.4 is 15.2 Å². The van der Waals surface area contributed by atoms with Gasteiger partial charge in [-0.25, -0.2) is 9.98 Å². The molecule has 154 valence electrons. The summed E-state index contributed by atoms with van der Waals surface area (Å²) in [6.45, 7) is 7.29. The lowest BCUT2D eigenvalue weighted by Crippen LogP contribution is -2.31. The number of benzene rings is 1. The van der Waals surface area contributed by atoms with Gasteiger partial charge < -0.3 is 19.9 Å². The van der Waals surface area contributed by atoms with Crippen LogP contribution in [0.2, 0.25) is 0 Å². The first kappa shape index (κ1) is 18.8. The van der Waals surface area contributed by atoms with Crippen molar-refractivity contribution >= 4 is 6.02 Å². The monoisotopic (exact) mass is 403 g/mol. The molecule has 3 aliphatic rings. The number of rotatable bonds is 2. The fraction of sp³-hybridized carbons (Fsp3) is 0.417. The molecule has 30 heavy (non-hydrogen) atoms. The molecule has 0 amide bonds. The number of hydrogen-bond acceptors (Lipinski definition) is 6. The van der Waals surface area contributed by atoms with E-state index in [-0.39, 0.29) is 18.0 Å². The zero-order chi connectivity index (χ0) is 20.9. The summed E-state index contributed by atoms with van der Waals surface area (Å²) in [4.78, 5) is 9.24. The Hall–Kier alpha value is -3.20. The molecular formula is C24H25N3O3. The van der Waals surface area contributed by atoms with Crippen molar-refractivity contribution in [1.29, 1.82) is 0 Å². The second kappa shape index (κ2) is 6.66. The van der Waals surface area contributed by atoms with Crippen molar-refractivity contribution in [1.82, 2.24) is 4.98 Å². The first-order valence-electron chi connectivity index (χ1n) is 10.3. The van der Waals surface area contributed by atoms with E-state index in [1.807, 2.05) is 24.3 Å². The van der Waals surface area contributed by atoms with Crippen molar-refractivity contribution < 1.29 is 14.2 Å². The van der Waals surface area contributed by atoms with Crippen LogP contribution in [0.15, 0.2) is 35.5 Å². The second-order valence-electron chi connectivity index (χ2n) is 9.33. The molecule has 0 radical (unpaired) electrons. The van der Waals surface area contributed by atoms with Crippen molar-refractivity contribution in [2.24, 2.45) is 22.1 Å². The molecule has 2 aliphatic heterocycles. The SMILES string of the molecule is CC(C)(C)COc1ccc2c(c1)[C@]1(COC(N)=N1)c1cc(C#CC3CC3)cnc1O2. The Morgan fingerprint density at radius 3 is 2.77 bits per heavy atom. The summed E-state index contributed by atoms with van der Waals surface area (Å²) in [5, 5.41) is 0. The van der Waals surface area contributed by atoms with Gasteiger partial charge in [0.05, 0.1) is 12.2 Å². The van der Waals surface area contributed by atoms with Crippen LogP contribution in [0.25, 0.3) is 0 Å². The van der Waals surface area contributed by atoms with Crippen LogP contribution in [0.3, 0.4) is 0 Å². The van der Waals surface area contributed by atoms with E-state index < -0.39 is 5.54 Å². The molecular weight excluding hydrogens is 378 g/mol. The van der Waals surface area contributed by atoms with E-state index in [0.717, 1.165) is 22.4 Å². The van der Waals surface area contributed by atoms with Crippen LogP contribution in [-0.2, 0) is 10.3 Å². The van der Waals surface area contributed by atoms with Gasteiger partial charge in [-0.15, -0.1) is 0 Å². The van der Waals surface area contributed by atoms with Gasteiger partial charge in [-0.1, -0.05) is 32.6 Å². The fourth-order valence-corrected chi connectivity index (χ4v) is 3.58. The predicted molar refractivity (Wildman–Crippen MR) is 114 cm³/mol. The van der Waals surface area contributed by atoms with Crippen LogP contribution in [0, 0.1) is 23.2 Å². The third-order valence-corrected chi connectivity index (χ3v) is 5.30. The molecule has 0 saturated heterocycles. The summed E-state index contributed by atoms with van der Waals surface area (Å²) < 4.78 is 17.8. The number of fused-ring (bicyclic) bond motifs is 4. The summed E-state index contributed by atoms with van der Waals surface area (Å²) in [6, 6.07) is 7.92. The zero-order valence-electron chi connectivity index (χ0n) is 17.5. The second-order valence-corrected chi connectivity index (χ2v) is 9.33. The number of amidine groups is 1. The first-order valence-corrected chi connectivity index (χ1v) is 10.3. The minimum Gasteiger partial charge on any atom is -0.493 e. The van der Waals surface area contributed by atoms with Crippen molar-refractivity contribution in [3.8, 4) is 29.2 Å². The number of aromatic nitrogens is 1. The minimum absolute atomic E-state index is 0.0504. The maximum atomic E-state index is 6.11. The van der Waals surface area contributed by atoms with Crippen LogP contribution in [0.4, 0.5) is 0 Å². The number of ether oxygens (including phenoxy) is 3. The van der Waals surface area contributed by atoms with Crippen LogP contribution in [0.5, 0.6) is 17.4 Å². The smallest absolute Gasteiger partial charge is 0.283 e. The Balaban J connectivity index is 1.58. The molecule has 0 unspecified atom stereocenters. The Labute approximate surface area is 176 Å². The first-order chi connectivity index (χ1) is 14.3. The third kappa shape index (κ3) is 3.45. The number of nitrogens with zero attached hydrogens (tertiary/aromatic N) is 2. The predicted octanol–water partition coefficient (Wildman–Crippen LogP) is 3.96. The maximum absolute atomic E-state index is 6.11. The third-order valence-electron chi connectivity index (χ3n) is 5.30. The Morgan fingerprint density at radius 2 is 2.07 bits per heavy atom. The molecule has 6 nitrogen and oxygen atoms in total. The molecule has 1 spiro atoms. The van der Waals surface area contributed by atoms with E-state index in [2.05, 4.69) is 37.6 Å². The Kier molecular flexibility index (Phi) is 4.18. The molecule has 1 aliphatic carbocycles. The maximum Gasteiger partial charge on any atom is 0.283 e. The van der Waals surface area contributed by atoms with Gasteiger partial charge in [0.15, 0.2) is 5.54 Å². The Bertz CT molecular complexity index is 1100. The Morgan fingerprint density at radius 1 is 1.23 bits per heavy atom. The lowest BCUT2D eigenvalue weighted by atomic mass is 9.82. The van der Waals surface area contributed by atoms with Crippen molar-refractivity contribution in [3.63, 3.8) is 0 Å². The van der Waals surface area contributed by atoms with Gasteiger partial charge in [0.25, 0.3) is 6.02 Å². The molecule has 5 rings (SSSR count). The standard InChI is InChI=1S/C24H25N3O3/c1-23(2,3)13-28-17-8-9-20-18(11-17)24(14-29-22(25)27-24)19-10-16(7-6-15-4-5-15)12-26-21(19)30-20/h8-12,15H,4-5,13-14H2,1-3H3,(H2,25,27)/t24-/m1/s1. The van der Waals surface area contributed by atoms with Gasteiger partial charge in [0.1, 0.15) is 18.1 Å². The highest BCUT2D eigenvalue weighted by atomic mass is 16.5. The molecule has 6 heteroatoms. The van der Waals surface area contributed by atoms with Crippen molar-refractivity contribution in [2.45, 2.75) is 39.2 Å². The average Bonchev–Trinajstić information content (AvgIpc) is 3.46. The molecule has 2 aromatic rings. The molecule has 1 aromatic carbocycles. The van der Waals surface area contributed by atoms with E-state index >= 15 is 0 Å².